The Kier molecular flexibility index (Phi) is 15.6. The van der Waals surface area contributed by atoms with Crippen LogP contribution in [0.5, 0.6) is 0 Å². The van der Waals surface area contributed by atoms with Crippen molar-refractivity contribution in [2.75, 3.05) is 78.7 Å². The minimum absolute atomic E-state index is 0. The van der Waals surface area contributed by atoms with Gasteiger partial charge in [-0.25, -0.2) is 24.6 Å². The number of nitrogens with zero attached hydrogens (tertiary/aromatic N) is 17. The van der Waals surface area contributed by atoms with Crippen LogP contribution in [0.1, 0.15) is 101 Å². The average Bonchev–Trinajstić information content (AvgIpc) is 4.03. The molecule has 8 aliphatic rings. The highest BCUT2D eigenvalue weighted by Gasteiger charge is 2.49. The molecule has 0 aliphatic carbocycles. The fraction of sp³-hybridized carbons (Fsp3) is 0.552. The number of ether oxygens (including phenoxy) is 3. The van der Waals surface area contributed by atoms with Gasteiger partial charge in [0.25, 0.3) is 0 Å². The van der Waals surface area contributed by atoms with Gasteiger partial charge in [0.15, 0.2) is 29.0 Å². The second-order valence-corrected chi connectivity index (χ2v) is 23.6. The third kappa shape index (κ3) is 10.1. The van der Waals surface area contributed by atoms with Gasteiger partial charge in [-0.05, 0) is 109 Å². The normalized spacial score (nSPS) is 24.4. The van der Waals surface area contributed by atoms with Crippen molar-refractivity contribution in [2.24, 2.45) is 41.4 Å². The molecule has 0 amide bonds. The molecular weight excluding hydrogens is 1070 g/mol. The molecule has 15 rings (SSSR count). The van der Waals surface area contributed by atoms with Crippen LogP contribution in [0.4, 0.5) is 28.8 Å². The molecule has 1 unspecified atom stereocenters. The largest absolute Gasteiger partial charge is 0.376 e. The summed E-state index contributed by atoms with van der Waals surface area (Å²) in [4.78, 5) is 44.3. The highest BCUT2D eigenvalue weighted by molar-refractivity contribution is 7.59. The van der Waals surface area contributed by atoms with Gasteiger partial charge in [0.1, 0.15) is 17.3 Å². The Bertz CT molecular complexity index is 3470. The number of nitrogens with two attached hydrogens (primary N) is 2. The molecule has 0 saturated carbocycles. The van der Waals surface area contributed by atoms with Crippen molar-refractivity contribution in [3.63, 3.8) is 0 Å². The maximum Gasteiger partial charge on any atom is 0.183 e. The zero-order valence-corrected chi connectivity index (χ0v) is 49.5. The molecule has 15 heterocycles. The molecule has 7 aromatic rings. The molecule has 4 N–H and O–H groups in total. The van der Waals surface area contributed by atoms with E-state index < -0.39 is 0 Å². The Hall–Kier alpha value is -6.28. The molecule has 5 saturated heterocycles. The summed E-state index contributed by atoms with van der Waals surface area (Å²) in [7, 11) is 3.85. The Labute approximate surface area is 492 Å². The van der Waals surface area contributed by atoms with Crippen molar-refractivity contribution >= 4 is 72.8 Å². The van der Waals surface area contributed by atoms with E-state index in [4.69, 9.17) is 65.7 Å². The summed E-state index contributed by atoms with van der Waals surface area (Å²) in [6.07, 6.45) is 22.7. The van der Waals surface area contributed by atoms with E-state index in [0.29, 0.717) is 6.54 Å². The highest BCUT2D eigenvalue weighted by Crippen LogP contribution is 2.45. The fourth-order valence-corrected chi connectivity index (χ4v) is 13.7. The maximum absolute atomic E-state index is 6.59. The average molecular weight is 1150 g/mol. The minimum atomic E-state index is -0.148. The zero-order chi connectivity index (χ0) is 54.3. The lowest BCUT2D eigenvalue weighted by Gasteiger charge is -2.41. The number of piperidine rings is 2. The van der Waals surface area contributed by atoms with Gasteiger partial charge in [-0.1, -0.05) is 0 Å². The second-order valence-electron chi connectivity index (χ2n) is 23.6. The van der Waals surface area contributed by atoms with E-state index in [2.05, 4.69) is 67.9 Å². The number of hydrogen-bond donors (Lipinski definition) is 2. The molecule has 24 heteroatoms. The van der Waals surface area contributed by atoms with Crippen LogP contribution >= 0.6 is 27.0 Å². The number of amidine groups is 1. The van der Waals surface area contributed by atoms with Crippen molar-refractivity contribution in [1.29, 1.82) is 0 Å². The maximum atomic E-state index is 6.59. The molecule has 7 aromatic heterocycles. The second kappa shape index (κ2) is 22.7. The molecule has 22 nitrogen and oxygen atoms in total. The first-order valence-corrected chi connectivity index (χ1v) is 29.0. The third-order valence-electron chi connectivity index (χ3n) is 18.7. The molecule has 0 radical (unpaired) electrons. The molecule has 2 spiro atoms. The van der Waals surface area contributed by atoms with E-state index in [1.165, 1.54) is 0 Å². The number of aliphatic imine (C=N–C) groups is 1. The van der Waals surface area contributed by atoms with Crippen LogP contribution in [-0.4, -0.2) is 148 Å². The quantitative estimate of drug-likeness (QED) is 0.186. The number of aryl methyl sites for hydroxylation is 4. The molecule has 5 atom stereocenters. The van der Waals surface area contributed by atoms with Gasteiger partial charge < -0.3 is 45.3 Å². The SMILES string of the molecule is C[C@@H]1OCC2(CCN(c3cnc4c(N5CCCc6nc(-c7cnn(C)c7)ccc65)nn(C5CCCCO5)c4n3)CC2)[C@@H]1N.C[C@@H]1OCC2(CCN(c3cnc4c(n3)CN=C4N3CCCc4nc(-c5cnn(C)c5)ccc43)CC2)[C@@H]1N.S.S. The van der Waals surface area contributed by atoms with Gasteiger partial charge in [-0.2, -0.15) is 37.2 Å². The number of hydrogen-bond acceptors (Lipinski definition) is 19. The minimum Gasteiger partial charge on any atom is -0.376 e. The van der Waals surface area contributed by atoms with Crippen molar-refractivity contribution in [1.82, 2.24) is 59.2 Å². The molecule has 82 heavy (non-hydrogen) atoms. The van der Waals surface area contributed by atoms with Gasteiger partial charge in [0.2, 0.25) is 0 Å². The van der Waals surface area contributed by atoms with Crippen molar-refractivity contribution in [3.8, 4) is 22.5 Å². The van der Waals surface area contributed by atoms with Crippen molar-refractivity contribution in [3.05, 3.63) is 84.2 Å². The van der Waals surface area contributed by atoms with Gasteiger partial charge in [0, 0.05) is 106 Å². The molecule has 5 fully saturated rings. The van der Waals surface area contributed by atoms with E-state index >= 15 is 0 Å². The predicted octanol–water partition coefficient (Wildman–Crippen LogP) is 6.28. The molecule has 434 valence electrons. The lowest BCUT2D eigenvalue weighted by Crippen LogP contribution is -2.50. The van der Waals surface area contributed by atoms with E-state index in [-0.39, 0.29) is 68.3 Å². The summed E-state index contributed by atoms with van der Waals surface area (Å²) < 4.78 is 23.7. The van der Waals surface area contributed by atoms with Crippen LogP contribution in [0.25, 0.3) is 33.7 Å². The standard InChI is InChI=1S/C31H40N10O2.C27H33N9O.2H2S/c1-20-28(32)31(19-43-20)10-13-39(14-11-31)25-17-33-27-29(36-25)41(26-7-3-4-15-42-26)37-30(27)40-12-5-6-23-24(40)9-8-22(35-23)21-16-34-38(2)18-21;1-17-25(28)27(16-37-17)7-10-35(11-8-27)23-14-29-24-21(33-23)13-30-26(24)36-9-3-4-20-22(36)6-5-19(32-20)18-12-31-34(2)15-18;;/h8-9,16-18,20,26,28H,3-7,10-15,19,32H2,1-2H3;5-6,12,14-15,17,25H,3-4,7-11,13,16,28H2,1-2H3;2*1H2/t20-,26?,28+;17-,25+;;/m00../s1. The summed E-state index contributed by atoms with van der Waals surface area (Å²) in [5.74, 6) is 3.55. The Morgan fingerprint density at radius 1 is 0.598 bits per heavy atom. The topological polar surface area (TPSA) is 236 Å². The molecule has 8 aliphatic heterocycles. The van der Waals surface area contributed by atoms with Crippen LogP contribution in [0.15, 0.2) is 66.4 Å². The summed E-state index contributed by atoms with van der Waals surface area (Å²) in [6.45, 7) is 12.4. The summed E-state index contributed by atoms with van der Waals surface area (Å²) >= 11 is 0. The lowest BCUT2D eigenvalue weighted by atomic mass is 9.73. The summed E-state index contributed by atoms with van der Waals surface area (Å²) in [5, 5.41) is 13.8. The zero-order valence-electron chi connectivity index (χ0n) is 47.5. The summed E-state index contributed by atoms with van der Waals surface area (Å²) in [5.41, 5.74) is 25.0. The monoisotopic (exact) mass is 1150 g/mol. The predicted molar refractivity (Wildman–Crippen MR) is 326 cm³/mol. The first-order valence-electron chi connectivity index (χ1n) is 29.0. The van der Waals surface area contributed by atoms with Crippen LogP contribution in [0, 0.1) is 10.8 Å². The fourth-order valence-electron chi connectivity index (χ4n) is 13.7. The van der Waals surface area contributed by atoms with Gasteiger partial charge in [-0.15, -0.1) is 5.10 Å². The highest BCUT2D eigenvalue weighted by atomic mass is 32.1. The van der Waals surface area contributed by atoms with Crippen LogP contribution in [0.3, 0.4) is 0 Å². The number of pyridine rings is 2. The number of rotatable bonds is 6. The Balaban J connectivity index is 0.000000160. The van der Waals surface area contributed by atoms with E-state index in [1.807, 2.05) is 60.6 Å². The third-order valence-corrected chi connectivity index (χ3v) is 18.7. The van der Waals surface area contributed by atoms with Crippen LogP contribution in [-0.2, 0) is 47.7 Å². The van der Waals surface area contributed by atoms with E-state index in [0.717, 1.165) is 221 Å². The molecule has 0 aromatic carbocycles. The smallest absolute Gasteiger partial charge is 0.183 e. The van der Waals surface area contributed by atoms with Gasteiger partial charge in [0.05, 0.1) is 96.6 Å². The Morgan fingerprint density at radius 2 is 1.16 bits per heavy atom. The molecule has 0 bridgehead atoms. The van der Waals surface area contributed by atoms with Gasteiger partial charge >= 0.3 is 0 Å². The van der Waals surface area contributed by atoms with Crippen LogP contribution < -0.4 is 31.1 Å². The van der Waals surface area contributed by atoms with E-state index in [9.17, 15) is 0 Å². The number of aromatic nitrogens is 12. The first-order chi connectivity index (χ1) is 39.0. The van der Waals surface area contributed by atoms with Crippen molar-refractivity contribution in [2.45, 2.75) is 122 Å². The van der Waals surface area contributed by atoms with E-state index in [1.54, 1.807) is 4.68 Å². The Morgan fingerprint density at radius 3 is 1.70 bits per heavy atom. The van der Waals surface area contributed by atoms with Crippen LogP contribution in [0.2, 0.25) is 0 Å². The van der Waals surface area contributed by atoms with Crippen molar-refractivity contribution < 1.29 is 14.2 Å². The van der Waals surface area contributed by atoms with Gasteiger partial charge in [-0.3, -0.25) is 24.3 Å². The number of anilines is 5. The lowest BCUT2D eigenvalue weighted by molar-refractivity contribution is -0.0368. The molecular formula is C58H77N19O3S2. The summed E-state index contributed by atoms with van der Waals surface area (Å²) in [6, 6.07) is 8.66. The number of fused-ring (bicyclic) bond motifs is 4. The first kappa shape index (κ1) is 56.2.